The van der Waals surface area contributed by atoms with Gasteiger partial charge < -0.3 is 4.90 Å². The quantitative estimate of drug-likeness (QED) is 0.755. The molecule has 1 aromatic carbocycles. The maximum atomic E-state index is 12.2. The van der Waals surface area contributed by atoms with Gasteiger partial charge in [0, 0.05) is 24.2 Å². The standard InChI is InChI=1S/C12H14N2O3S/c1-18(16,17)14-8-4-7-13-11(14)9-5-2-3-6-10(9)12(13)15/h2-3,5-6,11H,4,7-8H2,1H3/t11-/m1/s1. The summed E-state index contributed by atoms with van der Waals surface area (Å²) < 4.78 is 25.1. The molecule has 1 atom stereocenters. The summed E-state index contributed by atoms with van der Waals surface area (Å²) in [6, 6.07) is 7.24. The fraction of sp³-hybridized carbons (Fsp3) is 0.417. The number of rotatable bonds is 1. The zero-order valence-electron chi connectivity index (χ0n) is 10.0. The van der Waals surface area contributed by atoms with Crippen LogP contribution in [0.25, 0.3) is 0 Å². The third kappa shape index (κ3) is 1.56. The Balaban J connectivity index is 2.15. The van der Waals surface area contributed by atoms with E-state index >= 15 is 0 Å². The average Bonchev–Trinajstić information content (AvgIpc) is 2.63. The number of hydrogen-bond donors (Lipinski definition) is 0. The molecule has 5 nitrogen and oxygen atoms in total. The number of carbonyl (C=O) groups is 1. The summed E-state index contributed by atoms with van der Waals surface area (Å²) in [5.74, 6) is -0.0658. The van der Waals surface area contributed by atoms with Gasteiger partial charge >= 0.3 is 0 Å². The highest BCUT2D eigenvalue weighted by atomic mass is 32.2. The maximum absolute atomic E-state index is 12.2. The summed E-state index contributed by atoms with van der Waals surface area (Å²) in [6.45, 7) is 1.09. The van der Waals surface area contributed by atoms with Crippen molar-refractivity contribution in [1.82, 2.24) is 9.21 Å². The molecular formula is C12H14N2O3S. The normalized spacial score (nSPS) is 23.9. The van der Waals surface area contributed by atoms with Gasteiger partial charge in [-0.1, -0.05) is 18.2 Å². The largest absolute Gasteiger partial charge is 0.318 e. The lowest BCUT2D eigenvalue weighted by molar-refractivity contribution is 0.0472. The summed E-state index contributed by atoms with van der Waals surface area (Å²) in [4.78, 5) is 13.9. The Bertz CT molecular complexity index is 612. The van der Waals surface area contributed by atoms with Gasteiger partial charge in [-0.3, -0.25) is 4.79 Å². The predicted molar refractivity (Wildman–Crippen MR) is 66.4 cm³/mol. The van der Waals surface area contributed by atoms with Crippen LogP contribution in [-0.4, -0.2) is 42.9 Å². The van der Waals surface area contributed by atoms with Crippen LogP contribution in [0.1, 0.15) is 28.5 Å². The molecule has 96 valence electrons. The Labute approximate surface area is 106 Å². The van der Waals surface area contributed by atoms with Crippen molar-refractivity contribution >= 4 is 15.9 Å². The van der Waals surface area contributed by atoms with E-state index in [4.69, 9.17) is 0 Å². The van der Waals surface area contributed by atoms with E-state index in [9.17, 15) is 13.2 Å². The molecule has 1 aromatic rings. The number of amides is 1. The molecule has 1 fully saturated rings. The van der Waals surface area contributed by atoms with Crippen molar-refractivity contribution in [1.29, 1.82) is 0 Å². The number of hydrogen-bond acceptors (Lipinski definition) is 3. The lowest BCUT2D eigenvalue weighted by Crippen LogP contribution is -2.48. The smallest absolute Gasteiger partial charge is 0.255 e. The van der Waals surface area contributed by atoms with Gasteiger partial charge in [0.15, 0.2) is 0 Å². The van der Waals surface area contributed by atoms with Crippen molar-refractivity contribution in [2.75, 3.05) is 19.3 Å². The SMILES string of the molecule is CS(=O)(=O)N1CCCN2C(=O)c3ccccc3[C@H]21. The van der Waals surface area contributed by atoms with Crippen LogP contribution in [0, 0.1) is 0 Å². The first kappa shape index (κ1) is 11.7. The van der Waals surface area contributed by atoms with Crippen LogP contribution in [0.5, 0.6) is 0 Å². The van der Waals surface area contributed by atoms with Gasteiger partial charge in [-0.15, -0.1) is 0 Å². The van der Waals surface area contributed by atoms with Gasteiger partial charge in [0.1, 0.15) is 6.17 Å². The van der Waals surface area contributed by atoms with Crippen LogP contribution < -0.4 is 0 Å². The first-order valence-electron chi connectivity index (χ1n) is 5.87. The lowest BCUT2D eigenvalue weighted by Gasteiger charge is -2.38. The van der Waals surface area contributed by atoms with Crippen LogP contribution in [0.3, 0.4) is 0 Å². The highest BCUT2D eigenvalue weighted by Gasteiger charge is 2.44. The summed E-state index contributed by atoms with van der Waals surface area (Å²) in [5, 5.41) is 0. The second kappa shape index (κ2) is 3.80. The second-order valence-corrected chi connectivity index (χ2v) is 6.62. The van der Waals surface area contributed by atoms with Crippen LogP contribution in [0.2, 0.25) is 0 Å². The lowest BCUT2D eigenvalue weighted by atomic mass is 10.1. The van der Waals surface area contributed by atoms with E-state index in [0.29, 0.717) is 25.1 Å². The molecule has 2 heterocycles. The molecule has 0 radical (unpaired) electrons. The van der Waals surface area contributed by atoms with Gasteiger partial charge in [0.05, 0.1) is 6.26 Å². The monoisotopic (exact) mass is 266 g/mol. The van der Waals surface area contributed by atoms with Crippen molar-refractivity contribution < 1.29 is 13.2 Å². The number of carbonyl (C=O) groups excluding carboxylic acids is 1. The third-order valence-corrected chi connectivity index (χ3v) is 4.74. The fourth-order valence-corrected chi connectivity index (χ4v) is 3.80. The molecular weight excluding hydrogens is 252 g/mol. The topological polar surface area (TPSA) is 57.7 Å². The molecule has 0 unspecified atom stereocenters. The molecule has 0 saturated carbocycles. The molecule has 18 heavy (non-hydrogen) atoms. The number of sulfonamides is 1. The first-order chi connectivity index (χ1) is 8.50. The van der Waals surface area contributed by atoms with E-state index in [1.807, 2.05) is 12.1 Å². The van der Waals surface area contributed by atoms with E-state index in [2.05, 4.69) is 0 Å². The average molecular weight is 266 g/mol. The van der Waals surface area contributed by atoms with Crippen LogP contribution in [0.4, 0.5) is 0 Å². The van der Waals surface area contributed by atoms with Gasteiger partial charge in [-0.2, -0.15) is 4.31 Å². The van der Waals surface area contributed by atoms with Crippen molar-refractivity contribution in [3.63, 3.8) is 0 Å². The Hall–Kier alpha value is -1.40. The van der Waals surface area contributed by atoms with Gasteiger partial charge in [-0.05, 0) is 12.5 Å². The first-order valence-corrected chi connectivity index (χ1v) is 7.72. The molecule has 0 bridgehead atoms. The van der Waals surface area contributed by atoms with Gasteiger partial charge in [-0.25, -0.2) is 8.42 Å². The summed E-state index contributed by atoms with van der Waals surface area (Å²) in [7, 11) is -3.31. The summed E-state index contributed by atoms with van der Waals surface area (Å²) in [5.41, 5.74) is 1.42. The van der Waals surface area contributed by atoms with E-state index in [1.165, 1.54) is 10.6 Å². The number of fused-ring (bicyclic) bond motifs is 3. The summed E-state index contributed by atoms with van der Waals surface area (Å²) >= 11 is 0. The highest BCUT2D eigenvalue weighted by Crippen LogP contribution is 2.39. The minimum atomic E-state index is -3.31. The predicted octanol–water partition coefficient (Wildman–Crippen LogP) is 0.806. The Morgan fingerprint density at radius 3 is 2.67 bits per heavy atom. The van der Waals surface area contributed by atoms with Crippen LogP contribution >= 0.6 is 0 Å². The Morgan fingerprint density at radius 2 is 1.94 bits per heavy atom. The van der Waals surface area contributed by atoms with E-state index in [1.54, 1.807) is 17.0 Å². The number of nitrogens with zero attached hydrogens (tertiary/aromatic N) is 2. The molecule has 0 aromatic heterocycles. The molecule has 2 aliphatic heterocycles. The third-order valence-electron chi connectivity index (χ3n) is 3.50. The van der Waals surface area contributed by atoms with Crippen molar-refractivity contribution in [2.24, 2.45) is 0 Å². The Kier molecular flexibility index (Phi) is 2.46. The summed E-state index contributed by atoms with van der Waals surface area (Å²) in [6.07, 6.45) is 1.43. The highest BCUT2D eigenvalue weighted by molar-refractivity contribution is 7.88. The van der Waals surface area contributed by atoms with E-state index in [-0.39, 0.29) is 5.91 Å². The molecule has 0 N–H and O–H groups in total. The van der Waals surface area contributed by atoms with E-state index < -0.39 is 16.2 Å². The molecule has 1 amide bonds. The van der Waals surface area contributed by atoms with Crippen molar-refractivity contribution in [3.8, 4) is 0 Å². The van der Waals surface area contributed by atoms with Crippen LogP contribution in [-0.2, 0) is 10.0 Å². The fourth-order valence-electron chi connectivity index (χ4n) is 2.75. The zero-order valence-corrected chi connectivity index (χ0v) is 10.9. The second-order valence-electron chi connectivity index (χ2n) is 4.69. The molecule has 3 rings (SSSR count). The van der Waals surface area contributed by atoms with Gasteiger partial charge in [0.25, 0.3) is 5.91 Å². The Morgan fingerprint density at radius 1 is 1.22 bits per heavy atom. The number of benzene rings is 1. The van der Waals surface area contributed by atoms with Crippen LogP contribution in [0.15, 0.2) is 24.3 Å². The maximum Gasteiger partial charge on any atom is 0.255 e. The minimum absolute atomic E-state index is 0.0658. The molecule has 6 heteroatoms. The molecule has 0 aliphatic carbocycles. The van der Waals surface area contributed by atoms with Crippen molar-refractivity contribution in [2.45, 2.75) is 12.6 Å². The van der Waals surface area contributed by atoms with Crippen molar-refractivity contribution in [3.05, 3.63) is 35.4 Å². The van der Waals surface area contributed by atoms with E-state index in [0.717, 1.165) is 5.56 Å². The molecule has 0 spiro atoms. The minimum Gasteiger partial charge on any atom is -0.318 e. The molecule has 2 aliphatic rings. The molecule has 1 saturated heterocycles. The van der Waals surface area contributed by atoms with Gasteiger partial charge in [0.2, 0.25) is 10.0 Å². The zero-order chi connectivity index (χ0) is 12.9.